The largest absolute Gasteiger partial charge is 0.309 e. The van der Waals surface area contributed by atoms with E-state index in [9.17, 15) is 0 Å². The number of fused-ring (bicyclic) bond motifs is 12. The van der Waals surface area contributed by atoms with Crippen LogP contribution in [0, 0.1) is 0 Å². The summed E-state index contributed by atoms with van der Waals surface area (Å²) in [5.41, 5.74) is 23.1. The number of aromatic nitrogens is 4. The van der Waals surface area contributed by atoms with E-state index in [1.807, 2.05) is 0 Å². The summed E-state index contributed by atoms with van der Waals surface area (Å²) in [4.78, 5) is 0. The summed E-state index contributed by atoms with van der Waals surface area (Å²) in [6.45, 7) is 0. The summed E-state index contributed by atoms with van der Waals surface area (Å²) >= 11 is 0. The van der Waals surface area contributed by atoms with Crippen molar-refractivity contribution in [3.8, 4) is 67.3 Å². The van der Waals surface area contributed by atoms with Crippen molar-refractivity contribution in [1.82, 2.24) is 18.3 Å². The van der Waals surface area contributed by atoms with Gasteiger partial charge in [-0.25, -0.2) is 0 Å². The van der Waals surface area contributed by atoms with E-state index in [1.165, 1.54) is 87.2 Å². The zero-order valence-corrected chi connectivity index (χ0v) is 44.7. The number of hydrogen-bond donors (Lipinski definition) is 0. The average Bonchev–Trinajstić information content (AvgIpc) is 4.48. The smallest absolute Gasteiger partial charge is 0.0541 e. The molecule has 0 aliphatic heterocycles. The minimum atomic E-state index is 1.11. The van der Waals surface area contributed by atoms with Gasteiger partial charge in [-0.2, -0.15) is 0 Å². The van der Waals surface area contributed by atoms with Gasteiger partial charge in [-0.05, 0) is 148 Å². The SMILES string of the molecule is c1cc(-c2cccc(-c3cc(-n4c5ccccc5c5ccccc54)cc(-n4c5ccccc5c5ccccc54)c3)c2)cc(-c2cccc(-c3cc(-n4c5ccccc5c5ccccc54)cc(-n4c5ccccc5c5ccccc54)c3)c2)c1. The van der Waals surface area contributed by atoms with Crippen molar-refractivity contribution in [2.45, 2.75) is 0 Å². The first kappa shape index (κ1) is 46.0. The van der Waals surface area contributed by atoms with Crippen molar-refractivity contribution < 1.29 is 0 Å². The molecule has 382 valence electrons. The molecule has 17 aromatic rings. The van der Waals surface area contributed by atoms with Crippen LogP contribution >= 0.6 is 0 Å². The number of rotatable bonds is 8. The fourth-order valence-electron chi connectivity index (χ4n) is 13.5. The van der Waals surface area contributed by atoms with E-state index in [2.05, 4.69) is 322 Å². The first-order valence-corrected chi connectivity index (χ1v) is 28.2. The summed E-state index contributed by atoms with van der Waals surface area (Å²) < 4.78 is 9.77. The Hall–Kier alpha value is -10.9. The van der Waals surface area contributed by atoms with Crippen molar-refractivity contribution in [1.29, 1.82) is 0 Å². The monoisotopic (exact) mass is 1040 g/mol. The molecule has 0 bridgehead atoms. The minimum Gasteiger partial charge on any atom is -0.309 e. The van der Waals surface area contributed by atoms with Crippen LogP contribution in [-0.4, -0.2) is 18.3 Å². The average molecular weight is 1040 g/mol. The molecule has 4 nitrogen and oxygen atoms in total. The molecule has 4 heterocycles. The highest BCUT2D eigenvalue weighted by Crippen LogP contribution is 2.42. The quantitative estimate of drug-likeness (QED) is 0.145. The van der Waals surface area contributed by atoms with Gasteiger partial charge in [-0.3, -0.25) is 0 Å². The van der Waals surface area contributed by atoms with Gasteiger partial charge < -0.3 is 18.3 Å². The van der Waals surface area contributed by atoms with Crippen molar-refractivity contribution in [2.24, 2.45) is 0 Å². The van der Waals surface area contributed by atoms with E-state index in [0.717, 1.165) is 67.3 Å². The van der Waals surface area contributed by atoms with Crippen LogP contribution in [0.5, 0.6) is 0 Å². The maximum Gasteiger partial charge on any atom is 0.0541 e. The Morgan fingerprint density at radius 1 is 0.134 bits per heavy atom. The van der Waals surface area contributed by atoms with Gasteiger partial charge in [0.1, 0.15) is 0 Å². The third-order valence-corrected chi connectivity index (χ3v) is 17.1. The molecular formula is C78H50N4. The molecule has 0 radical (unpaired) electrons. The van der Waals surface area contributed by atoms with Crippen LogP contribution in [0.25, 0.3) is 154 Å². The fraction of sp³-hybridized carbons (Fsp3) is 0. The molecule has 0 aliphatic rings. The highest BCUT2D eigenvalue weighted by atomic mass is 15.0. The molecule has 17 rings (SSSR count). The predicted molar refractivity (Wildman–Crippen MR) is 346 cm³/mol. The second-order valence-electron chi connectivity index (χ2n) is 21.7. The Bertz CT molecular complexity index is 4620. The number of benzene rings is 13. The molecule has 82 heavy (non-hydrogen) atoms. The topological polar surface area (TPSA) is 19.7 Å². The van der Waals surface area contributed by atoms with Crippen LogP contribution in [0.4, 0.5) is 0 Å². The second kappa shape index (κ2) is 18.3. The van der Waals surface area contributed by atoms with E-state index in [0.29, 0.717) is 0 Å². The number of para-hydroxylation sites is 8. The van der Waals surface area contributed by atoms with Crippen LogP contribution < -0.4 is 0 Å². The Morgan fingerprint density at radius 3 is 0.500 bits per heavy atom. The lowest BCUT2D eigenvalue weighted by atomic mass is 9.94. The van der Waals surface area contributed by atoms with Crippen LogP contribution in [-0.2, 0) is 0 Å². The van der Waals surface area contributed by atoms with Gasteiger partial charge in [0, 0.05) is 65.8 Å². The molecule has 0 spiro atoms. The molecule has 13 aromatic carbocycles. The van der Waals surface area contributed by atoms with Gasteiger partial charge in [-0.1, -0.05) is 200 Å². The third kappa shape index (κ3) is 7.18. The normalized spacial score (nSPS) is 11.9. The molecule has 0 amide bonds. The summed E-state index contributed by atoms with van der Waals surface area (Å²) in [6.07, 6.45) is 0. The fourth-order valence-corrected chi connectivity index (χ4v) is 13.5. The summed E-state index contributed by atoms with van der Waals surface area (Å²) in [5.74, 6) is 0. The predicted octanol–water partition coefficient (Wildman–Crippen LogP) is 20.7. The first-order chi connectivity index (χ1) is 40.7. The molecule has 0 saturated heterocycles. The number of nitrogens with zero attached hydrogens (tertiary/aromatic N) is 4. The minimum absolute atomic E-state index is 1.11. The number of hydrogen-bond acceptors (Lipinski definition) is 0. The Kier molecular flexibility index (Phi) is 10.3. The van der Waals surface area contributed by atoms with Crippen LogP contribution in [0.3, 0.4) is 0 Å². The van der Waals surface area contributed by atoms with E-state index in [1.54, 1.807) is 0 Å². The standard InChI is InChI=1S/C78H50N4/c1-9-34-71-63(26-1)64-27-2-10-35-72(64)79(71)59-45-57(46-60(49-59)80-73-36-11-3-28-65(73)66-29-4-12-37-74(66)80)55-24-18-22-53(43-55)51-20-17-21-52(42-51)54-23-19-25-56(44-54)58-47-61(81-75-38-13-5-30-67(75)68-31-6-14-39-76(68)81)50-62(48-58)82-77-40-15-7-32-69(77)70-33-8-16-41-78(70)82/h1-50H. The zero-order valence-electron chi connectivity index (χ0n) is 44.7. The Morgan fingerprint density at radius 2 is 0.305 bits per heavy atom. The third-order valence-electron chi connectivity index (χ3n) is 17.1. The maximum absolute atomic E-state index is 2.44. The molecule has 0 unspecified atom stereocenters. The van der Waals surface area contributed by atoms with Crippen molar-refractivity contribution in [3.05, 3.63) is 303 Å². The van der Waals surface area contributed by atoms with E-state index in [4.69, 9.17) is 0 Å². The Labute approximate surface area is 473 Å². The zero-order chi connectivity index (χ0) is 53.8. The molecule has 0 fully saturated rings. The summed E-state index contributed by atoms with van der Waals surface area (Å²) in [6, 6.07) is 112. The molecule has 0 N–H and O–H groups in total. The van der Waals surface area contributed by atoms with Gasteiger partial charge >= 0.3 is 0 Å². The van der Waals surface area contributed by atoms with Gasteiger partial charge in [-0.15, -0.1) is 0 Å². The molecular weight excluding hydrogens is 993 g/mol. The maximum atomic E-state index is 2.44. The van der Waals surface area contributed by atoms with E-state index < -0.39 is 0 Å². The summed E-state index contributed by atoms with van der Waals surface area (Å²) in [7, 11) is 0. The Balaban J connectivity index is 0.803. The van der Waals surface area contributed by atoms with Gasteiger partial charge in [0.15, 0.2) is 0 Å². The van der Waals surface area contributed by atoms with Gasteiger partial charge in [0.2, 0.25) is 0 Å². The summed E-state index contributed by atoms with van der Waals surface area (Å²) in [5, 5.41) is 9.94. The second-order valence-corrected chi connectivity index (χ2v) is 21.7. The van der Waals surface area contributed by atoms with E-state index in [-0.39, 0.29) is 0 Å². The van der Waals surface area contributed by atoms with Crippen LogP contribution in [0.2, 0.25) is 0 Å². The van der Waals surface area contributed by atoms with Crippen molar-refractivity contribution >= 4 is 87.2 Å². The van der Waals surface area contributed by atoms with Crippen molar-refractivity contribution in [3.63, 3.8) is 0 Å². The van der Waals surface area contributed by atoms with Crippen LogP contribution in [0.15, 0.2) is 303 Å². The molecule has 4 heteroatoms. The first-order valence-electron chi connectivity index (χ1n) is 28.2. The van der Waals surface area contributed by atoms with Gasteiger partial charge in [0.05, 0.1) is 44.1 Å². The molecule has 4 aromatic heterocycles. The lowest BCUT2D eigenvalue weighted by Gasteiger charge is -2.17. The molecule has 0 saturated carbocycles. The highest BCUT2D eigenvalue weighted by Gasteiger charge is 2.20. The van der Waals surface area contributed by atoms with E-state index >= 15 is 0 Å². The van der Waals surface area contributed by atoms with Gasteiger partial charge in [0.25, 0.3) is 0 Å². The molecule has 0 atom stereocenters. The lowest BCUT2D eigenvalue weighted by molar-refractivity contribution is 1.13. The molecule has 0 aliphatic carbocycles. The highest BCUT2D eigenvalue weighted by molar-refractivity contribution is 6.13. The van der Waals surface area contributed by atoms with Crippen molar-refractivity contribution in [2.75, 3.05) is 0 Å². The lowest BCUT2D eigenvalue weighted by Crippen LogP contribution is -2.00. The van der Waals surface area contributed by atoms with Crippen LogP contribution in [0.1, 0.15) is 0 Å².